The highest BCUT2D eigenvalue weighted by Crippen LogP contribution is 2.41. The molecule has 31 heavy (non-hydrogen) atoms. The SMILES string of the molecule is CC1(C)Oc2ccc(C#N)cc2[C@@H](n2cc(COCc3ccccc3)ccc2=O)[C@@H]1O. The first-order valence-corrected chi connectivity index (χ1v) is 10.1. The lowest BCUT2D eigenvalue weighted by Crippen LogP contribution is -2.52. The molecule has 0 saturated carbocycles. The molecule has 0 radical (unpaired) electrons. The van der Waals surface area contributed by atoms with Crippen LogP contribution in [-0.2, 0) is 18.0 Å². The molecular formula is C25H24N2O4. The molecule has 0 saturated heterocycles. The number of hydrogen-bond donors (Lipinski definition) is 1. The number of hydrogen-bond acceptors (Lipinski definition) is 5. The predicted octanol–water partition coefficient (Wildman–Crippen LogP) is 3.56. The second kappa shape index (κ2) is 8.38. The molecule has 1 aliphatic heterocycles. The van der Waals surface area contributed by atoms with Crippen molar-refractivity contribution in [1.29, 1.82) is 5.26 Å². The van der Waals surface area contributed by atoms with Gasteiger partial charge in [0, 0.05) is 17.8 Å². The van der Waals surface area contributed by atoms with Crippen molar-refractivity contribution in [3.05, 3.63) is 99.5 Å². The van der Waals surface area contributed by atoms with Crippen LogP contribution in [0, 0.1) is 11.3 Å². The van der Waals surface area contributed by atoms with Gasteiger partial charge < -0.3 is 19.1 Å². The molecule has 6 nitrogen and oxygen atoms in total. The van der Waals surface area contributed by atoms with Crippen molar-refractivity contribution in [1.82, 2.24) is 4.57 Å². The Morgan fingerprint density at radius 2 is 1.84 bits per heavy atom. The summed E-state index contributed by atoms with van der Waals surface area (Å²) in [7, 11) is 0. The molecule has 0 spiro atoms. The van der Waals surface area contributed by atoms with E-state index in [0.29, 0.717) is 30.1 Å². The molecule has 0 fully saturated rings. The summed E-state index contributed by atoms with van der Waals surface area (Å²) in [5.74, 6) is 0.553. The van der Waals surface area contributed by atoms with Gasteiger partial charge in [-0.15, -0.1) is 0 Å². The average Bonchev–Trinajstić information content (AvgIpc) is 2.76. The summed E-state index contributed by atoms with van der Waals surface area (Å²) in [6, 6.07) is 19.5. The van der Waals surface area contributed by atoms with Crippen molar-refractivity contribution in [2.24, 2.45) is 0 Å². The monoisotopic (exact) mass is 416 g/mol. The van der Waals surface area contributed by atoms with Gasteiger partial charge in [-0.3, -0.25) is 4.79 Å². The molecule has 0 unspecified atom stereocenters. The number of pyridine rings is 1. The molecule has 1 aromatic heterocycles. The van der Waals surface area contributed by atoms with Crippen LogP contribution >= 0.6 is 0 Å². The minimum Gasteiger partial charge on any atom is -0.485 e. The van der Waals surface area contributed by atoms with E-state index in [-0.39, 0.29) is 5.56 Å². The van der Waals surface area contributed by atoms with Crippen molar-refractivity contribution >= 4 is 0 Å². The zero-order valence-corrected chi connectivity index (χ0v) is 17.5. The van der Waals surface area contributed by atoms with Gasteiger partial charge in [0.05, 0.1) is 30.9 Å². The molecule has 0 aliphatic carbocycles. The molecule has 1 aliphatic rings. The molecule has 1 N–H and O–H groups in total. The number of rotatable bonds is 5. The smallest absolute Gasteiger partial charge is 0.251 e. The maximum Gasteiger partial charge on any atom is 0.251 e. The second-order valence-corrected chi connectivity index (χ2v) is 8.22. The number of aromatic nitrogens is 1. The summed E-state index contributed by atoms with van der Waals surface area (Å²) in [6.45, 7) is 4.34. The van der Waals surface area contributed by atoms with Gasteiger partial charge in [-0.25, -0.2) is 0 Å². The number of nitriles is 1. The first-order valence-electron chi connectivity index (χ1n) is 10.1. The van der Waals surface area contributed by atoms with Crippen molar-refractivity contribution in [2.45, 2.75) is 44.8 Å². The molecule has 2 aromatic carbocycles. The highest BCUT2D eigenvalue weighted by Gasteiger charge is 2.44. The van der Waals surface area contributed by atoms with Crippen molar-refractivity contribution in [3.63, 3.8) is 0 Å². The molecule has 158 valence electrons. The van der Waals surface area contributed by atoms with E-state index in [4.69, 9.17) is 9.47 Å². The van der Waals surface area contributed by atoms with Gasteiger partial charge in [0.25, 0.3) is 5.56 Å². The Morgan fingerprint density at radius 1 is 1.10 bits per heavy atom. The fourth-order valence-electron chi connectivity index (χ4n) is 3.85. The Bertz CT molecular complexity index is 1180. The molecule has 6 heteroatoms. The average molecular weight is 416 g/mol. The van der Waals surface area contributed by atoms with Crippen molar-refractivity contribution in [3.8, 4) is 11.8 Å². The van der Waals surface area contributed by atoms with Gasteiger partial charge >= 0.3 is 0 Å². The third-order valence-corrected chi connectivity index (χ3v) is 5.52. The van der Waals surface area contributed by atoms with Gasteiger partial charge in [-0.1, -0.05) is 30.3 Å². The molecule has 2 heterocycles. The summed E-state index contributed by atoms with van der Waals surface area (Å²) < 4.78 is 13.3. The minimum absolute atomic E-state index is 0.248. The van der Waals surface area contributed by atoms with E-state index in [9.17, 15) is 15.2 Å². The van der Waals surface area contributed by atoms with Crippen LogP contribution in [0.2, 0.25) is 0 Å². The zero-order chi connectivity index (χ0) is 22.0. The van der Waals surface area contributed by atoms with E-state index in [1.54, 1.807) is 44.3 Å². The fourth-order valence-corrected chi connectivity index (χ4v) is 3.85. The Morgan fingerprint density at radius 3 is 2.58 bits per heavy atom. The van der Waals surface area contributed by atoms with E-state index in [0.717, 1.165) is 11.1 Å². The third kappa shape index (κ3) is 4.24. The highest BCUT2D eigenvalue weighted by atomic mass is 16.5. The Hall–Kier alpha value is -3.40. The van der Waals surface area contributed by atoms with E-state index < -0.39 is 17.7 Å². The van der Waals surface area contributed by atoms with Crippen molar-refractivity contribution < 1.29 is 14.6 Å². The van der Waals surface area contributed by atoms with Crippen LogP contribution in [0.25, 0.3) is 0 Å². The van der Waals surface area contributed by atoms with Crippen LogP contribution in [0.3, 0.4) is 0 Å². The van der Waals surface area contributed by atoms with Crippen LogP contribution in [0.5, 0.6) is 5.75 Å². The zero-order valence-electron chi connectivity index (χ0n) is 17.5. The summed E-state index contributed by atoms with van der Waals surface area (Å²) in [5.41, 5.74) is 1.76. The van der Waals surface area contributed by atoms with E-state index in [2.05, 4.69) is 6.07 Å². The summed E-state index contributed by atoms with van der Waals surface area (Å²) >= 11 is 0. The first kappa shape index (κ1) is 20.9. The number of fused-ring (bicyclic) bond motifs is 1. The lowest BCUT2D eigenvalue weighted by atomic mass is 9.85. The highest BCUT2D eigenvalue weighted by molar-refractivity contribution is 5.46. The van der Waals surface area contributed by atoms with E-state index in [1.807, 2.05) is 30.3 Å². The quantitative estimate of drug-likeness (QED) is 0.688. The Kier molecular flexibility index (Phi) is 5.64. The lowest BCUT2D eigenvalue weighted by molar-refractivity contribution is -0.0643. The number of benzene rings is 2. The van der Waals surface area contributed by atoms with Crippen LogP contribution in [0.15, 0.2) is 71.7 Å². The minimum atomic E-state index is -0.993. The standard InChI is InChI=1S/C25H24N2O4/c1-25(2)24(29)23(20-12-18(13-26)8-10-21(20)31-25)27-14-19(9-11-22(27)28)16-30-15-17-6-4-3-5-7-17/h3-12,14,23-24,29H,15-16H2,1-2H3/t23-,24+/m1/s1. The number of ether oxygens (including phenoxy) is 2. The molecule has 0 amide bonds. The topological polar surface area (TPSA) is 84.5 Å². The van der Waals surface area contributed by atoms with E-state index >= 15 is 0 Å². The molecule has 0 bridgehead atoms. The molecule has 3 aromatic rings. The summed E-state index contributed by atoms with van der Waals surface area (Å²) in [5, 5.41) is 20.4. The molecule has 2 atom stereocenters. The van der Waals surface area contributed by atoms with Crippen LogP contribution in [0.4, 0.5) is 0 Å². The van der Waals surface area contributed by atoms with Crippen LogP contribution in [-0.4, -0.2) is 21.4 Å². The second-order valence-electron chi connectivity index (χ2n) is 8.22. The maximum atomic E-state index is 12.8. The van der Waals surface area contributed by atoms with Gasteiger partial charge in [-0.05, 0) is 49.2 Å². The van der Waals surface area contributed by atoms with Crippen LogP contribution < -0.4 is 10.3 Å². The van der Waals surface area contributed by atoms with Crippen molar-refractivity contribution in [2.75, 3.05) is 0 Å². The predicted molar refractivity (Wildman–Crippen MR) is 116 cm³/mol. The van der Waals surface area contributed by atoms with Gasteiger partial charge in [0.1, 0.15) is 17.5 Å². The Balaban J connectivity index is 1.67. The largest absolute Gasteiger partial charge is 0.485 e. The molecular weight excluding hydrogens is 392 g/mol. The normalized spacial score (nSPS) is 19.2. The Labute approximate surface area is 180 Å². The van der Waals surface area contributed by atoms with Gasteiger partial charge in [0.15, 0.2) is 0 Å². The van der Waals surface area contributed by atoms with Crippen LogP contribution in [0.1, 0.15) is 42.1 Å². The fraction of sp³-hybridized carbons (Fsp3) is 0.280. The number of nitrogens with zero attached hydrogens (tertiary/aromatic N) is 2. The third-order valence-electron chi connectivity index (χ3n) is 5.52. The summed E-state index contributed by atoms with van der Waals surface area (Å²) in [6.07, 6.45) is 0.720. The molecule has 4 rings (SSSR count). The van der Waals surface area contributed by atoms with E-state index in [1.165, 1.54) is 10.6 Å². The summed E-state index contributed by atoms with van der Waals surface area (Å²) in [4.78, 5) is 12.8. The van der Waals surface area contributed by atoms with Gasteiger partial charge in [-0.2, -0.15) is 5.26 Å². The lowest BCUT2D eigenvalue weighted by Gasteiger charge is -2.42. The maximum absolute atomic E-state index is 12.8. The number of aliphatic hydroxyl groups is 1. The van der Waals surface area contributed by atoms with Gasteiger partial charge in [0.2, 0.25) is 0 Å². The number of aliphatic hydroxyl groups excluding tert-OH is 1. The first-order chi connectivity index (χ1) is 14.9.